The third-order valence-electron chi connectivity index (χ3n) is 6.49. The molecule has 0 spiro atoms. The predicted molar refractivity (Wildman–Crippen MR) is 109 cm³/mol. The van der Waals surface area contributed by atoms with Crippen molar-refractivity contribution in [3.05, 3.63) is 23.8 Å². The molecule has 1 aromatic carbocycles. The van der Waals surface area contributed by atoms with E-state index in [1.54, 1.807) is 0 Å². The molecule has 1 aromatic rings. The summed E-state index contributed by atoms with van der Waals surface area (Å²) < 4.78 is 23.4. The van der Waals surface area contributed by atoms with Crippen molar-refractivity contribution < 1.29 is 13.2 Å². The lowest BCUT2D eigenvalue weighted by atomic mass is 9.95. The molecular formula is C21H30N2O3S. The van der Waals surface area contributed by atoms with E-state index in [1.807, 2.05) is 4.90 Å². The number of anilines is 2. The Labute approximate surface area is 162 Å². The summed E-state index contributed by atoms with van der Waals surface area (Å²) in [5.74, 6) is 0.261. The molecule has 1 amide bonds. The standard InChI is InChI=1S/C21H30N2O3S/c1-16-5-2-3-11-22(16)19-7-8-20-18(15-19)6-4-12-23(20)21(24)17-9-13-27(25,26)14-10-17/h7-8,15-17H,2-6,9-14H2,1H3. The Hall–Kier alpha value is -1.56. The van der Waals surface area contributed by atoms with Gasteiger partial charge in [-0.05, 0) is 75.6 Å². The number of benzene rings is 1. The molecule has 0 bridgehead atoms. The highest BCUT2D eigenvalue weighted by molar-refractivity contribution is 7.91. The van der Waals surface area contributed by atoms with Crippen LogP contribution < -0.4 is 9.80 Å². The lowest BCUT2D eigenvalue weighted by Gasteiger charge is -2.37. The Morgan fingerprint density at radius 3 is 2.56 bits per heavy atom. The van der Waals surface area contributed by atoms with Crippen LogP contribution in [0.25, 0.3) is 0 Å². The molecule has 148 valence electrons. The summed E-state index contributed by atoms with van der Waals surface area (Å²) in [6, 6.07) is 7.13. The van der Waals surface area contributed by atoms with Gasteiger partial charge in [-0.2, -0.15) is 0 Å². The number of amides is 1. The lowest BCUT2D eigenvalue weighted by molar-refractivity contribution is -0.122. The van der Waals surface area contributed by atoms with E-state index in [9.17, 15) is 13.2 Å². The van der Waals surface area contributed by atoms with Crippen LogP contribution in [0, 0.1) is 5.92 Å². The van der Waals surface area contributed by atoms with Crippen molar-refractivity contribution in [1.82, 2.24) is 0 Å². The first-order chi connectivity index (χ1) is 12.9. The molecule has 1 unspecified atom stereocenters. The topological polar surface area (TPSA) is 57.7 Å². The number of piperidine rings is 1. The van der Waals surface area contributed by atoms with Crippen LogP contribution in [0.2, 0.25) is 0 Å². The molecule has 0 N–H and O–H groups in total. The van der Waals surface area contributed by atoms with Gasteiger partial charge >= 0.3 is 0 Å². The molecule has 0 aromatic heterocycles. The molecular weight excluding hydrogens is 360 g/mol. The quantitative estimate of drug-likeness (QED) is 0.778. The van der Waals surface area contributed by atoms with Crippen LogP contribution in [0.15, 0.2) is 18.2 Å². The number of fused-ring (bicyclic) bond motifs is 1. The van der Waals surface area contributed by atoms with Gasteiger partial charge in [-0.15, -0.1) is 0 Å². The van der Waals surface area contributed by atoms with Crippen molar-refractivity contribution in [1.29, 1.82) is 0 Å². The molecule has 6 heteroatoms. The molecule has 0 saturated carbocycles. The number of sulfone groups is 1. The Morgan fingerprint density at radius 2 is 1.81 bits per heavy atom. The molecule has 2 saturated heterocycles. The van der Waals surface area contributed by atoms with Crippen LogP contribution in [0.4, 0.5) is 11.4 Å². The van der Waals surface area contributed by atoms with Gasteiger partial charge < -0.3 is 9.80 Å². The zero-order chi connectivity index (χ0) is 19.0. The smallest absolute Gasteiger partial charge is 0.230 e. The Morgan fingerprint density at radius 1 is 1.04 bits per heavy atom. The van der Waals surface area contributed by atoms with Gasteiger partial charge in [0.25, 0.3) is 0 Å². The van der Waals surface area contributed by atoms with E-state index in [2.05, 4.69) is 30.0 Å². The van der Waals surface area contributed by atoms with Crippen LogP contribution in [0.3, 0.4) is 0 Å². The molecule has 1 atom stereocenters. The molecule has 4 rings (SSSR count). The highest BCUT2D eigenvalue weighted by Gasteiger charge is 2.33. The molecule has 3 aliphatic heterocycles. The van der Waals surface area contributed by atoms with E-state index in [-0.39, 0.29) is 23.3 Å². The van der Waals surface area contributed by atoms with Crippen LogP contribution in [0.1, 0.15) is 51.0 Å². The largest absolute Gasteiger partial charge is 0.369 e. The van der Waals surface area contributed by atoms with Crippen LogP contribution >= 0.6 is 0 Å². The zero-order valence-electron chi connectivity index (χ0n) is 16.2. The number of nitrogens with zero attached hydrogens (tertiary/aromatic N) is 2. The van der Waals surface area contributed by atoms with Crippen molar-refractivity contribution in [3.63, 3.8) is 0 Å². The minimum Gasteiger partial charge on any atom is -0.369 e. The van der Waals surface area contributed by atoms with E-state index in [1.165, 1.54) is 30.5 Å². The summed E-state index contributed by atoms with van der Waals surface area (Å²) >= 11 is 0. The van der Waals surface area contributed by atoms with E-state index < -0.39 is 9.84 Å². The van der Waals surface area contributed by atoms with Gasteiger partial charge in [-0.25, -0.2) is 8.42 Å². The molecule has 5 nitrogen and oxygen atoms in total. The summed E-state index contributed by atoms with van der Waals surface area (Å²) in [6.07, 6.45) is 6.72. The first-order valence-corrected chi connectivity index (χ1v) is 12.2. The average molecular weight is 391 g/mol. The normalized spacial score (nSPS) is 25.9. The summed E-state index contributed by atoms with van der Waals surface area (Å²) in [7, 11) is -2.94. The summed E-state index contributed by atoms with van der Waals surface area (Å²) in [5, 5.41) is 0. The lowest BCUT2D eigenvalue weighted by Crippen LogP contribution is -2.42. The maximum atomic E-state index is 13.1. The Balaban J connectivity index is 1.54. The van der Waals surface area contributed by atoms with Gasteiger partial charge in [-0.1, -0.05) is 0 Å². The van der Waals surface area contributed by atoms with Gasteiger partial charge in [0.15, 0.2) is 0 Å². The first-order valence-electron chi connectivity index (χ1n) is 10.4. The second-order valence-electron chi connectivity index (χ2n) is 8.37. The molecule has 27 heavy (non-hydrogen) atoms. The van der Waals surface area contributed by atoms with E-state index in [0.29, 0.717) is 18.9 Å². The second-order valence-corrected chi connectivity index (χ2v) is 10.7. The fourth-order valence-electron chi connectivity index (χ4n) is 4.83. The van der Waals surface area contributed by atoms with E-state index in [0.717, 1.165) is 31.6 Å². The van der Waals surface area contributed by atoms with Gasteiger partial charge in [0.2, 0.25) is 5.91 Å². The highest BCUT2D eigenvalue weighted by Crippen LogP contribution is 2.35. The average Bonchev–Trinajstić information content (AvgIpc) is 2.67. The maximum absolute atomic E-state index is 13.1. The SMILES string of the molecule is CC1CCCCN1c1ccc2c(c1)CCCN2C(=O)C1CCS(=O)(=O)CC1. The summed E-state index contributed by atoms with van der Waals surface area (Å²) in [5.41, 5.74) is 3.57. The van der Waals surface area contributed by atoms with Crippen molar-refractivity contribution in [3.8, 4) is 0 Å². The molecule has 3 heterocycles. The van der Waals surface area contributed by atoms with Crippen LogP contribution in [0.5, 0.6) is 0 Å². The van der Waals surface area contributed by atoms with Crippen molar-refractivity contribution >= 4 is 27.1 Å². The highest BCUT2D eigenvalue weighted by atomic mass is 32.2. The third kappa shape index (κ3) is 3.86. The Kier molecular flexibility index (Phi) is 5.19. The third-order valence-corrected chi connectivity index (χ3v) is 8.20. The number of hydrogen-bond donors (Lipinski definition) is 0. The number of carbonyl (C=O) groups is 1. The minimum atomic E-state index is -2.94. The number of carbonyl (C=O) groups excluding carboxylic acids is 1. The van der Waals surface area contributed by atoms with Crippen molar-refractivity contribution in [2.24, 2.45) is 5.92 Å². The molecule has 0 radical (unpaired) electrons. The fourth-order valence-corrected chi connectivity index (χ4v) is 6.32. The number of hydrogen-bond acceptors (Lipinski definition) is 4. The van der Waals surface area contributed by atoms with Crippen LogP contribution in [-0.2, 0) is 21.1 Å². The van der Waals surface area contributed by atoms with Crippen molar-refractivity contribution in [2.75, 3.05) is 34.4 Å². The zero-order valence-corrected chi connectivity index (χ0v) is 17.0. The molecule has 3 aliphatic rings. The monoisotopic (exact) mass is 390 g/mol. The molecule has 0 aliphatic carbocycles. The first kappa shape index (κ1) is 18.8. The minimum absolute atomic E-state index is 0.116. The maximum Gasteiger partial charge on any atom is 0.230 e. The van der Waals surface area contributed by atoms with Crippen LogP contribution in [-0.4, -0.2) is 45.0 Å². The molecule has 2 fully saturated rings. The number of aryl methyl sites for hydroxylation is 1. The second kappa shape index (κ2) is 7.46. The van der Waals surface area contributed by atoms with E-state index in [4.69, 9.17) is 0 Å². The van der Waals surface area contributed by atoms with Gasteiger partial charge in [0, 0.05) is 36.4 Å². The van der Waals surface area contributed by atoms with Gasteiger partial charge in [-0.3, -0.25) is 4.79 Å². The number of rotatable bonds is 2. The summed E-state index contributed by atoms with van der Waals surface area (Å²) in [4.78, 5) is 17.5. The van der Waals surface area contributed by atoms with Crippen molar-refractivity contribution in [2.45, 2.75) is 57.9 Å². The van der Waals surface area contributed by atoms with Gasteiger partial charge in [0.1, 0.15) is 9.84 Å². The van der Waals surface area contributed by atoms with Gasteiger partial charge in [0.05, 0.1) is 11.5 Å². The summed E-state index contributed by atoms with van der Waals surface area (Å²) in [6.45, 7) is 4.15. The fraction of sp³-hybridized carbons (Fsp3) is 0.667. The van der Waals surface area contributed by atoms with E-state index >= 15 is 0 Å². The predicted octanol–water partition coefficient (Wildman–Crippen LogP) is 3.17. The Bertz CT molecular complexity index is 807.